The maximum Gasteiger partial charge on any atom is 0.129 e. The highest BCUT2D eigenvalue weighted by atomic mass is 19.1. The van der Waals surface area contributed by atoms with Crippen molar-refractivity contribution in [2.75, 3.05) is 6.54 Å². The van der Waals surface area contributed by atoms with Gasteiger partial charge in [-0.25, -0.2) is 4.39 Å². The van der Waals surface area contributed by atoms with E-state index in [9.17, 15) is 9.50 Å². The van der Waals surface area contributed by atoms with Crippen LogP contribution in [0.5, 0.6) is 0 Å². The summed E-state index contributed by atoms with van der Waals surface area (Å²) in [6, 6.07) is 8.42. The van der Waals surface area contributed by atoms with Gasteiger partial charge in [0.25, 0.3) is 0 Å². The van der Waals surface area contributed by atoms with E-state index in [-0.39, 0.29) is 17.9 Å². The van der Waals surface area contributed by atoms with Crippen LogP contribution in [-0.4, -0.2) is 27.5 Å². The molecule has 0 aliphatic carbocycles. The first kappa shape index (κ1) is 14.7. The van der Waals surface area contributed by atoms with E-state index in [4.69, 9.17) is 0 Å². The highest BCUT2D eigenvalue weighted by molar-refractivity contribution is 5.20. The predicted molar refractivity (Wildman–Crippen MR) is 75.8 cm³/mol. The third-order valence-corrected chi connectivity index (χ3v) is 3.56. The molecule has 1 aromatic carbocycles. The quantitative estimate of drug-likeness (QED) is 0.852. The normalized spacial score (nSPS) is 15.8. The van der Waals surface area contributed by atoms with Gasteiger partial charge < -0.3 is 10.4 Å². The summed E-state index contributed by atoms with van der Waals surface area (Å²) in [6.07, 6.45) is 2.77. The second kappa shape index (κ2) is 6.63. The van der Waals surface area contributed by atoms with Crippen LogP contribution in [0.1, 0.15) is 31.6 Å². The minimum Gasteiger partial charge on any atom is -0.387 e. The smallest absolute Gasteiger partial charge is 0.129 e. The molecule has 108 valence electrons. The van der Waals surface area contributed by atoms with Gasteiger partial charge in [-0.05, 0) is 26.0 Å². The lowest BCUT2D eigenvalue weighted by Gasteiger charge is -2.23. The van der Waals surface area contributed by atoms with Gasteiger partial charge in [0.1, 0.15) is 5.82 Å². The second-order valence-corrected chi connectivity index (χ2v) is 4.96. The largest absolute Gasteiger partial charge is 0.387 e. The van der Waals surface area contributed by atoms with E-state index < -0.39 is 6.10 Å². The van der Waals surface area contributed by atoms with E-state index in [2.05, 4.69) is 10.4 Å². The maximum absolute atomic E-state index is 13.5. The molecule has 0 saturated heterocycles. The Balaban J connectivity index is 1.90. The molecule has 0 unspecified atom stereocenters. The fourth-order valence-corrected chi connectivity index (χ4v) is 2.07. The molecule has 1 aromatic heterocycles. The third-order valence-electron chi connectivity index (χ3n) is 3.56. The Labute approximate surface area is 118 Å². The van der Waals surface area contributed by atoms with Gasteiger partial charge in [-0.15, -0.1) is 0 Å². The molecule has 0 spiro atoms. The van der Waals surface area contributed by atoms with E-state index in [0.29, 0.717) is 12.1 Å². The Hall–Kier alpha value is -1.72. The summed E-state index contributed by atoms with van der Waals surface area (Å²) in [5, 5.41) is 17.4. The van der Waals surface area contributed by atoms with Gasteiger partial charge in [0, 0.05) is 30.5 Å². The van der Waals surface area contributed by atoms with Crippen molar-refractivity contribution in [2.45, 2.75) is 32.0 Å². The standard InChI is InChI=1S/C15H20FN3O/c1-11(12(2)19-9-5-8-18-19)17-10-15(20)13-6-3-4-7-14(13)16/h3-9,11-12,15,17,20H,10H2,1-2H3/t11-,12+,15-/m0/s1. The summed E-state index contributed by atoms with van der Waals surface area (Å²) in [5.74, 6) is -0.380. The van der Waals surface area contributed by atoms with Crippen molar-refractivity contribution in [3.8, 4) is 0 Å². The van der Waals surface area contributed by atoms with Gasteiger partial charge in [0.2, 0.25) is 0 Å². The van der Waals surface area contributed by atoms with Gasteiger partial charge in [-0.2, -0.15) is 5.10 Å². The lowest BCUT2D eigenvalue weighted by atomic mass is 10.1. The zero-order chi connectivity index (χ0) is 14.5. The molecule has 5 heteroatoms. The number of halogens is 1. The summed E-state index contributed by atoms with van der Waals surface area (Å²) < 4.78 is 15.4. The molecule has 2 aromatic rings. The Morgan fingerprint density at radius 1 is 1.30 bits per heavy atom. The van der Waals surface area contributed by atoms with Crippen molar-refractivity contribution in [3.63, 3.8) is 0 Å². The zero-order valence-corrected chi connectivity index (χ0v) is 11.7. The molecule has 2 N–H and O–H groups in total. The summed E-state index contributed by atoms with van der Waals surface area (Å²) in [7, 11) is 0. The van der Waals surface area contributed by atoms with Crippen molar-refractivity contribution < 1.29 is 9.50 Å². The van der Waals surface area contributed by atoms with Gasteiger partial charge in [-0.1, -0.05) is 18.2 Å². The molecule has 0 aliphatic rings. The first-order valence-corrected chi connectivity index (χ1v) is 6.74. The molecule has 0 aliphatic heterocycles. The number of benzene rings is 1. The van der Waals surface area contributed by atoms with E-state index in [1.807, 2.05) is 30.8 Å². The molecule has 0 radical (unpaired) electrons. The summed E-state index contributed by atoms with van der Waals surface area (Å²) in [4.78, 5) is 0. The molecule has 4 nitrogen and oxygen atoms in total. The van der Waals surface area contributed by atoms with Crippen molar-refractivity contribution in [3.05, 3.63) is 54.1 Å². The molecule has 20 heavy (non-hydrogen) atoms. The van der Waals surface area contributed by atoms with Crippen molar-refractivity contribution >= 4 is 0 Å². The van der Waals surface area contributed by atoms with Crippen molar-refractivity contribution in [2.24, 2.45) is 0 Å². The monoisotopic (exact) mass is 277 g/mol. The lowest BCUT2D eigenvalue weighted by Crippen LogP contribution is -2.36. The Morgan fingerprint density at radius 2 is 2.05 bits per heavy atom. The molecule has 1 heterocycles. The number of hydrogen-bond donors (Lipinski definition) is 2. The van der Waals surface area contributed by atoms with Crippen LogP contribution in [0.2, 0.25) is 0 Å². The van der Waals surface area contributed by atoms with Crippen LogP contribution in [0.15, 0.2) is 42.7 Å². The summed E-state index contributed by atoms with van der Waals surface area (Å²) >= 11 is 0. The number of hydrogen-bond acceptors (Lipinski definition) is 3. The fourth-order valence-electron chi connectivity index (χ4n) is 2.07. The van der Waals surface area contributed by atoms with E-state index in [1.54, 1.807) is 24.4 Å². The molecule has 0 fully saturated rings. The molecule has 2 rings (SSSR count). The van der Waals surface area contributed by atoms with E-state index >= 15 is 0 Å². The highest BCUT2D eigenvalue weighted by Gasteiger charge is 2.17. The molecule has 0 amide bonds. The SMILES string of the molecule is C[C@H](NC[C@H](O)c1ccccc1F)[C@@H](C)n1cccn1. The van der Waals surface area contributed by atoms with Crippen LogP contribution < -0.4 is 5.32 Å². The van der Waals surface area contributed by atoms with E-state index in [0.717, 1.165) is 0 Å². The molecule has 0 bridgehead atoms. The average molecular weight is 277 g/mol. The summed E-state index contributed by atoms with van der Waals surface area (Å²) in [6.45, 7) is 4.36. The minimum absolute atomic E-state index is 0.108. The first-order valence-electron chi connectivity index (χ1n) is 6.74. The number of aliphatic hydroxyl groups is 1. The van der Waals surface area contributed by atoms with Crippen molar-refractivity contribution in [1.29, 1.82) is 0 Å². The Bertz CT molecular complexity index is 530. The lowest BCUT2D eigenvalue weighted by molar-refractivity contribution is 0.161. The van der Waals surface area contributed by atoms with Crippen LogP contribution in [0.4, 0.5) is 4.39 Å². The highest BCUT2D eigenvalue weighted by Crippen LogP contribution is 2.17. The number of rotatable bonds is 6. The Kier molecular flexibility index (Phi) is 4.87. The average Bonchev–Trinajstić information content (AvgIpc) is 2.98. The number of nitrogens with zero attached hydrogens (tertiary/aromatic N) is 2. The second-order valence-electron chi connectivity index (χ2n) is 4.96. The zero-order valence-electron chi connectivity index (χ0n) is 11.7. The fraction of sp³-hybridized carbons (Fsp3) is 0.400. The van der Waals surface area contributed by atoms with Gasteiger partial charge >= 0.3 is 0 Å². The number of aromatic nitrogens is 2. The van der Waals surface area contributed by atoms with Crippen LogP contribution >= 0.6 is 0 Å². The predicted octanol–water partition coefficient (Wildman–Crippen LogP) is 2.29. The molecular weight excluding hydrogens is 257 g/mol. The van der Waals surface area contributed by atoms with Crippen LogP contribution in [-0.2, 0) is 0 Å². The van der Waals surface area contributed by atoms with Crippen LogP contribution in [0.3, 0.4) is 0 Å². The Morgan fingerprint density at radius 3 is 2.70 bits per heavy atom. The molecular formula is C15H20FN3O. The van der Waals surface area contributed by atoms with E-state index in [1.165, 1.54) is 6.07 Å². The third kappa shape index (κ3) is 3.43. The van der Waals surface area contributed by atoms with Gasteiger partial charge in [-0.3, -0.25) is 4.68 Å². The van der Waals surface area contributed by atoms with Crippen molar-refractivity contribution in [1.82, 2.24) is 15.1 Å². The van der Waals surface area contributed by atoms with Crippen LogP contribution in [0, 0.1) is 5.82 Å². The maximum atomic E-state index is 13.5. The van der Waals surface area contributed by atoms with Crippen LogP contribution in [0.25, 0.3) is 0 Å². The summed E-state index contributed by atoms with van der Waals surface area (Å²) in [5.41, 5.74) is 0.318. The number of nitrogens with one attached hydrogen (secondary N) is 1. The molecule has 3 atom stereocenters. The number of aliphatic hydroxyl groups excluding tert-OH is 1. The van der Waals surface area contributed by atoms with Gasteiger partial charge in [0.05, 0.1) is 12.1 Å². The minimum atomic E-state index is -0.858. The molecule has 0 saturated carbocycles. The van der Waals surface area contributed by atoms with Gasteiger partial charge in [0.15, 0.2) is 0 Å². The topological polar surface area (TPSA) is 50.1 Å². The first-order chi connectivity index (χ1) is 9.59.